The Morgan fingerprint density at radius 2 is 2.00 bits per heavy atom. The third kappa shape index (κ3) is 4.34. The smallest absolute Gasteiger partial charge is 0.315 e. The van der Waals surface area contributed by atoms with E-state index in [1.54, 1.807) is 6.92 Å². The zero-order valence-corrected chi connectivity index (χ0v) is 12.6. The van der Waals surface area contributed by atoms with Crippen LogP contribution in [0.4, 0.5) is 0 Å². The first-order valence-electron chi connectivity index (χ1n) is 7.37. The van der Waals surface area contributed by atoms with E-state index in [2.05, 4.69) is 27.4 Å². The van der Waals surface area contributed by atoms with E-state index < -0.39 is 12.0 Å². The third-order valence-electron chi connectivity index (χ3n) is 4.27. The highest BCUT2D eigenvalue weighted by Crippen LogP contribution is 2.35. The molecule has 0 spiro atoms. The van der Waals surface area contributed by atoms with Crippen molar-refractivity contribution in [1.82, 2.24) is 0 Å². The molecule has 0 aliphatic heterocycles. The molecule has 110 valence electrons. The Labute approximate surface area is 117 Å². The Kier molecular flexibility index (Phi) is 6.05. The van der Waals surface area contributed by atoms with Gasteiger partial charge in [0.15, 0.2) is 0 Å². The van der Waals surface area contributed by atoms with Crippen LogP contribution in [0.3, 0.4) is 0 Å². The molecule has 1 rings (SSSR count). The van der Waals surface area contributed by atoms with Crippen LogP contribution in [-0.2, 0) is 9.53 Å². The zero-order chi connectivity index (χ0) is 14.6. The molecule has 1 aliphatic rings. The summed E-state index contributed by atoms with van der Waals surface area (Å²) in [4.78, 5) is 12.1. The lowest BCUT2D eigenvalue weighted by Gasteiger charge is -2.37. The number of esters is 1. The van der Waals surface area contributed by atoms with Crippen LogP contribution in [0.15, 0.2) is 12.7 Å². The van der Waals surface area contributed by atoms with Gasteiger partial charge < -0.3 is 9.84 Å². The minimum atomic E-state index is -0.747. The summed E-state index contributed by atoms with van der Waals surface area (Å²) in [6.45, 7) is 11.8. The van der Waals surface area contributed by atoms with Crippen LogP contribution in [0.1, 0.15) is 47.0 Å². The predicted molar refractivity (Wildman–Crippen MR) is 76.6 cm³/mol. The summed E-state index contributed by atoms with van der Waals surface area (Å²) >= 11 is 0. The van der Waals surface area contributed by atoms with Crippen LogP contribution >= 0.6 is 0 Å². The van der Waals surface area contributed by atoms with Gasteiger partial charge in [0.2, 0.25) is 0 Å². The van der Waals surface area contributed by atoms with Gasteiger partial charge in [0.05, 0.1) is 6.10 Å². The molecular weight excluding hydrogens is 240 g/mol. The van der Waals surface area contributed by atoms with Crippen molar-refractivity contribution in [3.05, 3.63) is 12.7 Å². The van der Waals surface area contributed by atoms with Crippen LogP contribution in [0.2, 0.25) is 0 Å². The average Bonchev–Trinajstić information content (AvgIpc) is 2.28. The van der Waals surface area contributed by atoms with Crippen molar-refractivity contribution in [2.45, 2.75) is 59.2 Å². The summed E-state index contributed by atoms with van der Waals surface area (Å²) in [5.74, 6) is 0.583. The summed E-state index contributed by atoms with van der Waals surface area (Å²) in [6, 6.07) is 0. The lowest BCUT2D eigenvalue weighted by Crippen LogP contribution is -2.38. The number of aliphatic hydroxyl groups excluding tert-OH is 1. The van der Waals surface area contributed by atoms with Gasteiger partial charge in [-0.25, -0.2) is 0 Å². The molecule has 3 nitrogen and oxygen atoms in total. The average molecular weight is 268 g/mol. The van der Waals surface area contributed by atoms with Crippen molar-refractivity contribution in [3.63, 3.8) is 0 Å². The van der Waals surface area contributed by atoms with Gasteiger partial charge in [-0.2, -0.15) is 0 Å². The highest BCUT2D eigenvalue weighted by molar-refractivity contribution is 5.75. The number of carbonyl (C=O) groups is 1. The van der Waals surface area contributed by atoms with E-state index in [-0.39, 0.29) is 12.1 Å². The molecule has 0 aromatic carbocycles. The SMILES string of the molecule is C=CC(C(=O)OC1CC(C)CCC1C(C)C)C(C)O. The molecule has 5 unspecified atom stereocenters. The molecule has 0 saturated heterocycles. The van der Waals surface area contributed by atoms with E-state index >= 15 is 0 Å². The Hall–Kier alpha value is -0.830. The van der Waals surface area contributed by atoms with Crippen LogP contribution in [0.5, 0.6) is 0 Å². The second-order valence-corrected chi connectivity index (χ2v) is 6.30. The molecule has 0 bridgehead atoms. The number of carbonyl (C=O) groups excluding carboxylic acids is 1. The first-order chi connectivity index (χ1) is 8.86. The molecule has 0 heterocycles. The van der Waals surface area contributed by atoms with Gasteiger partial charge in [-0.1, -0.05) is 33.3 Å². The highest BCUT2D eigenvalue weighted by atomic mass is 16.5. The number of hydrogen-bond acceptors (Lipinski definition) is 3. The fraction of sp³-hybridized carbons (Fsp3) is 0.812. The van der Waals surface area contributed by atoms with Crippen molar-refractivity contribution >= 4 is 5.97 Å². The van der Waals surface area contributed by atoms with Crippen LogP contribution in [-0.4, -0.2) is 23.3 Å². The highest BCUT2D eigenvalue weighted by Gasteiger charge is 2.35. The topological polar surface area (TPSA) is 46.5 Å². The number of ether oxygens (including phenoxy) is 1. The summed E-state index contributed by atoms with van der Waals surface area (Å²) in [6.07, 6.45) is 3.96. The Balaban J connectivity index is 2.70. The first-order valence-corrected chi connectivity index (χ1v) is 7.37. The Morgan fingerprint density at radius 1 is 1.37 bits per heavy atom. The fourth-order valence-corrected chi connectivity index (χ4v) is 2.97. The number of rotatable bonds is 5. The van der Waals surface area contributed by atoms with Crippen LogP contribution in [0, 0.1) is 23.7 Å². The lowest BCUT2D eigenvalue weighted by molar-refractivity contribution is -0.162. The van der Waals surface area contributed by atoms with E-state index in [1.807, 2.05) is 0 Å². The van der Waals surface area contributed by atoms with Gasteiger partial charge in [-0.15, -0.1) is 6.58 Å². The molecule has 19 heavy (non-hydrogen) atoms. The quantitative estimate of drug-likeness (QED) is 0.615. The molecule has 0 amide bonds. The molecule has 1 aliphatic carbocycles. The van der Waals surface area contributed by atoms with E-state index in [9.17, 15) is 9.90 Å². The van der Waals surface area contributed by atoms with Gasteiger partial charge >= 0.3 is 5.97 Å². The van der Waals surface area contributed by atoms with Gasteiger partial charge in [-0.3, -0.25) is 4.79 Å². The molecular formula is C16H28O3. The first kappa shape index (κ1) is 16.2. The van der Waals surface area contributed by atoms with Gasteiger partial charge in [0, 0.05) is 0 Å². The molecule has 0 aromatic rings. The monoisotopic (exact) mass is 268 g/mol. The maximum absolute atomic E-state index is 12.1. The molecule has 3 heteroatoms. The third-order valence-corrected chi connectivity index (χ3v) is 4.27. The fourth-order valence-electron chi connectivity index (χ4n) is 2.97. The van der Waals surface area contributed by atoms with E-state index in [0.717, 1.165) is 12.8 Å². The van der Waals surface area contributed by atoms with Crippen LogP contribution < -0.4 is 0 Å². The summed E-state index contributed by atoms with van der Waals surface area (Å²) < 4.78 is 5.68. The Morgan fingerprint density at radius 3 is 2.47 bits per heavy atom. The second kappa shape index (κ2) is 7.09. The number of hydrogen-bond donors (Lipinski definition) is 1. The minimum absolute atomic E-state index is 0.0163. The maximum atomic E-state index is 12.1. The zero-order valence-electron chi connectivity index (χ0n) is 12.6. The van der Waals surface area contributed by atoms with Crippen molar-refractivity contribution in [2.24, 2.45) is 23.7 Å². The summed E-state index contributed by atoms with van der Waals surface area (Å²) in [7, 11) is 0. The van der Waals surface area contributed by atoms with Crippen molar-refractivity contribution in [2.75, 3.05) is 0 Å². The second-order valence-electron chi connectivity index (χ2n) is 6.30. The van der Waals surface area contributed by atoms with Gasteiger partial charge in [0.1, 0.15) is 12.0 Å². The summed E-state index contributed by atoms with van der Waals surface area (Å²) in [5.41, 5.74) is 0. The minimum Gasteiger partial charge on any atom is -0.462 e. The standard InChI is InChI=1S/C16H28O3/c1-6-13(12(5)17)16(18)19-15-9-11(4)7-8-14(15)10(2)3/h6,10-15,17H,1,7-9H2,2-5H3. The maximum Gasteiger partial charge on any atom is 0.315 e. The Bertz CT molecular complexity index is 309. The molecule has 1 saturated carbocycles. The predicted octanol–water partition coefficient (Wildman–Crippen LogP) is 3.17. The van der Waals surface area contributed by atoms with Crippen LogP contribution in [0.25, 0.3) is 0 Å². The summed E-state index contributed by atoms with van der Waals surface area (Å²) in [5, 5.41) is 9.57. The molecule has 1 fully saturated rings. The van der Waals surface area contributed by atoms with E-state index in [0.29, 0.717) is 17.8 Å². The largest absolute Gasteiger partial charge is 0.462 e. The van der Waals surface area contributed by atoms with E-state index in [1.165, 1.54) is 12.5 Å². The van der Waals surface area contributed by atoms with Gasteiger partial charge in [0.25, 0.3) is 0 Å². The molecule has 0 radical (unpaired) electrons. The normalized spacial score (nSPS) is 30.7. The van der Waals surface area contributed by atoms with Crippen molar-refractivity contribution in [1.29, 1.82) is 0 Å². The lowest BCUT2D eigenvalue weighted by atomic mass is 9.75. The molecule has 0 aromatic heterocycles. The molecule has 1 N–H and O–H groups in total. The number of aliphatic hydroxyl groups is 1. The molecule has 5 atom stereocenters. The van der Waals surface area contributed by atoms with E-state index in [4.69, 9.17) is 4.74 Å². The van der Waals surface area contributed by atoms with Gasteiger partial charge in [-0.05, 0) is 37.5 Å². The van der Waals surface area contributed by atoms with Crippen molar-refractivity contribution in [3.8, 4) is 0 Å². The van der Waals surface area contributed by atoms with Crippen molar-refractivity contribution < 1.29 is 14.6 Å².